The Labute approximate surface area is 120 Å². The Morgan fingerprint density at radius 1 is 1.10 bits per heavy atom. The van der Waals surface area contributed by atoms with E-state index in [4.69, 9.17) is 5.11 Å². The Morgan fingerprint density at radius 3 is 2.52 bits per heavy atom. The lowest BCUT2D eigenvalue weighted by Gasteiger charge is -2.06. The number of carbonyl (C=O) groups excluding carboxylic acids is 1. The lowest BCUT2D eigenvalue weighted by atomic mass is 10.1. The van der Waals surface area contributed by atoms with Crippen LogP contribution in [0.3, 0.4) is 0 Å². The average molecular weight is 288 g/mol. The summed E-state index contributed by atoms with van der Waals surface area (Å²) in [6.45, 7) is 0.235. The van der Waals surface area contributed by atoms with E-state index in [9.17, 15) is 14.0 Å². The molecule has 5 nitrogen and oxygen atoms in total. The van der Waals surface area contributed by atoms with Crippen molar-refractivity contribution in [2.45, 2.75) is 6.42 Å². The number of nitrogens with one attached hydrogen (secondary N) is 1. The minimum absolute atomic E-state index is 0.0171. The van der Waals surface area contributed by atoms with Crippen molar-refractivity contribution in [3.63, 3.8) is 0 Å². The van der Waals surface area contributed by atoms with Crippen molar-refractivity contribution >= 4 is 11.9 Å². The third-order valence-corrected chi connectivity index (χ3v) is 2.84. The van der Waals surface area contributed by atoms with E-state index in [1.54, 1.807) is 18.2 Å². The number of nitrogens with zero attached hydrogens (tertiary/aromatic N) is 1. The predicted octanol–water partition coefficient (Wildman–Crippen LogP) is 1.89. The number of hydrogen-bond acceptors (Lipinski definition) is 3. The van der Waals surface area contributed by atoms with Gasteiger partial charge in [0.15, 0.2) is 0 Å². The van der Waals surface area contributed by atoms with Crippen molar-refractivity contribution in [1.29, 1.82) is 0 Å². The molecular weight excluding hydrogens is 275 g/mol. The van der Waals surface area contributed by atoms with E-state index < -0.39 is 11.9 Å². The number of benzene rings is 1. The fourth-order valence-corrected chi connectivity index (χ4v) is 1.78. The third kappa shape index (κ3) is 3.85. The number of carboxylic acids is 1. The summed E-state index contributed by atoms with van der Waals surface area (Å²) in [4.78, 5) is 26.3. The van der Waals surface area contributed by atoms with E-state index in [2.05, 4.69) is 10.3 Å². The van der Waals surface area contributed by atoms with E-state index in [1.165, 1.54) is 24.3 Å². The molecule has 0 fully saturated rings. The van der Waals surface area contributed by atoms with Crippen molar-refractivity contribution in [1.82, 2.24) is 10.3 Å². The summed E-state index contributed by atoms with van der Waals surface area (Å²) in [5, 5.41) is 11.4. The lowest BCUT2D eigenvalue weighted by molar-refractivity contribution is 0.0690. The number of amides is 1. The number of halogens is 1. The number of aromatic nitrogens is 1. The maximum atomic E-state index is 13.4. The SMILES string of the molecule is O=C(O)c1cccc(C(=O)NCCc2ccccc2F)n1. The number of pyridine rings is 1. The van der Waals surface area contributed by atoms with Gasteiger partial charge in [0.05, 0.1) is 0 Å². The second-order valence-electron chi connectivity index (χ2n) is 4.31. The molecule has 0 unspecified atom stereocenters. The van der Waals surface area contributed by atoms with Crippen molar-refractivity contribution in [3.8, 4) is 0 Å². The van der Waals surface area contributed by atoms with Gasteiger partial charge < -0.3 is 10.4 Å². The molecule has 0 bridgehead atoms. The molecular formula is C15H13FN2O3. The maximum absolute atomic E-state index is 13.4. The fraction of sp³-hybridized carbons (Fsp3) is 0.133. The molecule has 21 heavy (non-hydrogen) atoms. The minimum atomic E-state index is -1.20. The van der Waals surface area contributed by atoms with Crippen LogP contribution in [0.5, 0.6) is 0 Å². The van der Waals surface area contributed by atoms with Crippen molar-refractivity contribution < 1.29 is 19.1 Å². The lowest BCUT2D eigenvalue weighted by Crippen LogP contribution is -2.27. The highest BCUT2D eigenvalue weighted by atomic mass is 19.1. The van der Waals surface area contributed by atoms with E-state index in [0.29, 0.717) is 12.0 Å². The molecule has 0 radical (unpaired) electrons. The maximum Gasteiger partial charge on any atom is 0.354 e. The number of carboxylic acid groups (broad SMARTS) is 1. The first-order valence-corrected chi connectivity index (χ1v) is 6.30. The number of rotatable bonds is 5. The van der Waals surface area contributed by atoms with Gasteiger partial charge in [-0.15, -0.1) is 0 Å². The van der Waals surface area contributed by atoms with Gasteiger partial charge in [-0.2, -0.15) is 0 Å². The van der Waals surface area contributed by atoms with Crippen molar-refractivity contribution in [3.05, 3.63) is 65.2 Å². The first kappa shape index (κ1) is 14.6. The first-order valence-electron chi connectivity index (χ1n) is 6.30. The highest BCUT2D eigenvalue weighted by Gasteiger charge is 2.11. The summed E-state index contributed by atoms with van der Waals surface area (Å²) < 4.78 is 13.4. The van der Waals surface area contributed by atoms with Crippen LogP contribution in [0.4, 0.5) is 4.39 Å². The normalized spacial score (nSPS) is 10.1. The summed E-state index contributed by atoms with van der Waals surface area (Å²) in [7, 11) is 0. The molecule has 2 N–H and O–H groups in total. The third-order valence-electron chi connectivity index (χ3n) is 2.84. The van der Waals surface area contributed by atoms with Gasteiger partial charge in [0.1, 0.15) is 17.2 Å². The second kappa shape index (κ2) is 6.60. The molecule has 6 heteroatoms. The van der Waals surface area contributed by atoms with Gasteiger partial charge in [-0.05, 0) is 30.2 Å². The van der Waals surface area contributed by atoms with Crippen LogP contribution in [0, 0.1) is 5.82 Å². The van der Waals surface area contributed by atoms with Gasteiger partial charge in [0.25, 0.3) is 5.91 Å². The molecule has 0 aliphatic heterocycles. The molecule has 0 aliphatic rings. The Morgan fingerprint density at radius 2 is 1.81 bits per heavy atom. The standard InChI is InChI=1S/C15H13FN2O3/c16-11-5-2-1-4-10(11)8-9-17-14(19)12-6-3-7-13(18-12)15(20)21/h1-7H,8-9H2,(H,17,19)(H,20,21). The molecule has 1 aromatic heterocycles. The van der Waals surface area contributed by atoms with E-state index in [-0.39, 0.29) is 23.7 Å². The van der Waals surface area contributed by atoms with Crippen LogP contribution in [0.25, 0.3) is 0 Å². The molecule has 0 spiro atoms. The van der Waals surface area contributed by atoms with Gasteiger partial charge in [-0.3, -0.25) is 4.79 Å². The van der Waals surface area contributed by atoms with Crippen molar-refractivity contribution in [2.24, 2.45) is 0 Å². The summed E-state index contributed by atoms with van der Waals surface area (Å²) in [6, 6.07) is 10.5. The summed E-state index contributed by atoms with van der Waals surface area (Å²) in [5.41, 5.74) is 0.324. The highest BCUT2D eigenvalue weighted by Crippen LogP contribution is 2.06. The van der Waals surface area contributed by atoms with Gasteiger partial charge in [-0.25, -0.2) is 14.2 Å². The molecule has 0 saturated carbocycles. The van der Waals surface area contributed by atoms with E-state index >= 15 is 0 Å². The summed E-state index contributed by atoms with van der Waals surface area (Å²) in [5.74, 6) is -2.01. The molecule has 1 aromatic carbocycles. The Bertz CT molecular complexity index is 673. The molecule has 0 aliphatic carbocycles. The fourth-order valence-electron chi connectivity index (χ4n) is 1.78. The average Bonchev–Trinajstić information content (AvgIpc) is 2.49. The molecule has 0 atom stereocenters. The Kier molecular flexibility index (Phi) is 4.61. The van der Waals surface area contributed by atoms with E-state index in [0.717, 1.165) is 0 Å². The van der Waals surface area contributed by atoms with Gasteiger partial charge >= 0.3 is 5.97 Å². The summed E-state index contributed by atoms with van der Waals surface area (Å²) in [6.07, 6.45) is 0.344. The van der Waals surface area contributed by atoms with Crippen LogP contribution < -0.4 is 5.32 Å². The zero-order chi connectivity index (χ0) is 15.2. The van der Waals surface area contributed by atoms with Crippen LogP contribution in [0.2, 0.25) is 0 Å². The monoisotopic (exact) mass is 288 g/mol. The first-order chi connectivity index (χ1) is 10.1. The van der Waals surface area contributed by atoms with Crippen LogP contribution in [-0.2, 0) is 6.42 Å². The Balaban J connectivity index is 1.95. The summed E-state index contributed by atoms with van der Waals surface area (Å²) >= 11 is 0. The molecule has 0 saturated heterocycles. The number of hydrogen-bond donors (Lipinski definition) is 2. The van der Waals surface area contributed by atoms with Crippen molar-refractivity contribution in [2.75, 3.05) is 6.54 Å². The number of carbonyl (C=O) groups is 2. The molecule has 2 rings (SSSR count). The quantitative estimate of drug-likeness (QED) is 0.880. The molecule has 108 valence electrons. The Hall–Kier alpha value is -2.76. The highest BCUT2D eigenvalue weighted by molar-refractivity contribution is 5.94. The molecule has 1 amide bonds. The van der Waals surface area contributed by atoms with Gasteiger partial charge in [-0.1, -0.05) is 24.3 Å². The largest absolute Gasteiger partial charge is 0.477 e. The van der Waals surface area contributed by atoms with Crippen LogP contribution in [0.15, 0.2) is 42.5 Å². The predicted molar refractivity (Wildman–Crippen MR) is 73.6 cm³/mol. The van der Waals surface area contributed by atoms with Crippen LogP contribution >= 0.6 is 0 Å². The van der Waals surface area contributed by atoms with Crippen LogP contribution in [0.1, 0.15) is 26.5 Å². The smallest absolute Gasteiger partial charge is 0.354 e. The van der Waals surface area contributed by atoms with Gasteiger partial charge in [0, 0.05) is 6.54 Å². The molecule has 2 aromatic rings. The zero-order valence-electron chi connectivity index (χ0n) is 11.0. The van der Waals surface area contributed by atoms with E-state index in [1.807, 2.05) is 0 Å². The second-order valence-corrected chi connectivity index (χ2v) is 4.31. The minimum Gasteiger partial charge on any atom is -0.477 e. The van der Waals surface area contributed by atoms with Crippen LogP contribution in [-0.4, -0.2) is 28.5 Å². The molecule has 1 heterocycles. The van der Waals surface area contributed by atoms with Gasteiger partial charge in [0.2, 0.25) is 0 Å². The zero-order valence-corrected chi connectivity index (χ0v) is 11.0. The topological polar surface area (TPSA) is 79.3 Å². The number of aromatic carboxylic acids is 1.